The van der Waals surface area contributed by atoms with Gasteiger partial charge in [0.2, 0.25) is 0 Å². The van der Waals surface area contributed by atoms with E-state index in [1.54, 1.807) is 12.1 Å². The average Bonchev–Trinajstić information content (AvgIpc) is 3.15. The second kappa shape index (κ2) is 8.07. The van der Waals surface area contributed by atoms with Crippen molar-refractivity contribution in [2.45, 2.75) is 27.4 Å². The van der Waals surface area contributed by atoms with Crippen molar-refractivity contribution >= 4 is 37.8 Å². The van der Waals surface area contributed by atoms with Gasteiger partial charge in [0.25, 0.3) is 0 Å². The van der Waals surface area contributed by atoms with E-state index in [4.69, 9.17) is 4.74 Å². The zero-order valence-electron chi connectivity index (χ0n) is 15.7. The molecule has 0 heterocycles. The van der Waals surface area contributed by atoms with Gasteiger partial charge in [-0.15, -0.1) is 0 Å². The Morgan fingerprint density at radius 3 is 2.57 bits per heavy atom. The van der Waals surface area contributed by atoms with Crippen LogP contribution in [0.15, 0.2) is 45.9 Å². The van der Waals surface area contributed by atoms with Crippen LogP contribution in [-0.4, -0.2) is 5.97 Å². The molecule has 0 spiro atoms. The third-order valence-corrected chi connectivity index (χ3v) is 6.03. The molecule has 3 rings (SSSR count). The van der Waals surface area contributed by atoms with Gasteiger partial charge in [-0.05, 0) is 85.0 Å². The lowest BCUT2D eigenvalue weighted by Gasteiger charge is -2.13. The van der Waals surface area contributed by atoms with Crippen molar-refractivity contribution in [1.29, 1.82) is 0 Å². The molecule has 0 aromatic heterocycles. The smallest absolute Gasteiger partial charge is 0.310 e. The maximum absolute atomic E-state index is 14.2. The molecule has 2 nitrogen and oxygen atoms in total. The van der Waals surface area contributed by atoms with Crippen molar-refractivity contribution in [3.05, 3.63) is 68.6 Å². The Morgan fingerprint density at radius 1 is 1.18 bits per heavy atom. The van der Waals surface area contributed by atoms with Crippen LogP contribution in [0.1, 0.15) is 25.0 Å². The summed E-state index contributed by atoms with van der Waals surface area (Å²) >= 11 is 6.68. The summed E-state index contributed by atoms with van der Waals surface area (Å²) in [4.78, 5) is 12.6. The highest BCUT2D eigenvalue weighted by Gasteiger charge is 2.61. The molecule has 0 N–H and O–H groups in total. The molecular formula is C22H20Br2F2O2. The molecule has 148 valence electrons. The molecule has 1 aliphatic carbocycles. The molecule has 1 saturated carbocycles. The zero-order chi connectivity index (χ0) is 20.6. The van der Waals surface area contributed by atoms with Crippen molar-refractivity contribution in [2.75, 3.05) is 0 Å². The van der Waals surface area contributed by atoms with E-state index in [2.05, 4.69) is 31.9 Å². The predicted octanol–water partition coefficient (Wildman–Crippen LogP) is 6.89. The molecule has 0 amide bonds. The molecule has 0 aliphatic heterocycles. The summed E-state index contributed by atoms with van der Waals surface area (Å²) in [5.74, 6) is -1.35. The van der Waals surface area contributed by atoms with Crippen LogP contribution in [0.4, 0.5) is 8.78 Å². The summed E-state index contributed by atoms with van der Waals surface area (Å²) in [6.07, 6.45) is 1.96. The number of ether oxygens (including phenoxy) is 1. The summed E-state index contributed by atoms with van der Waals surface area (Å²) in [5.41, 5.74) is 2.14. The van der Waals surface area contributed by atoms with Crippen molar-refractivity contribution in [2.24, 2.45) is 17.3 Å². The van der Waals surface area contributed by atoms with Gasteiger partial charge >= 0.3 is 5.97 Å². The first-order valence-electron chi connectivity index (χ1n) is 8.86. The number of hydrogen-bond acceptors (Lipinski definition) is 2. The zero-order valence-corrected chi connectivity index (χ0v) is 18.9. The number of carbonyl (C=O) groups excluding carboxylic acids is 1. The average molecular weight is 514 g/mol. The van der Waals surface area contributed by atoms with Gasteiger partial charge in [0, 0.05) is 5.56 Å². The number of esters is 1. The highest BCUT2D eigenvalue weighted by Crippen LogP contribution is 2.60. The first-order chi connectivity index (χ1) is 13.1. The van der Waals surface area contributed by atoms with E-state index in [1.165, 1.54) is 6.07 Å². The molecule has 0 bridgehead atoms. The number of carbonyl (C=O) groups is 1. The van der Waals surface area contributed by atoms with E-state index in [0.29, 0.717) is 5.56 Å². The number of benzene rings is 2. The third-order valence-electron chi connectivity index (χ3n) is 5.50. The molecule has 2 unspecified atom stereocenters. The van der Waals surface area contributed by atoms with E-state index in [0.717, 1.165) is 26.7 Å². The molecule has 1 aliphatic rings. The molecular weight excluding hydrogens is 494 g/mol. The number of halogens is 4. The van der Waals surface area contributed by atoms with Gasteiger partial charge in [-0.25, -0.2) is 8.78 Å². The Hall–Kier alpha value is -1.53. The standard InChI is InChI=1S/C22H20Br2F2O2/c1-12-13(5-4-6-15(12)16-9-14(25)7-8-18(16)26)11-28-21(27)20-17(10-19(23)24)22(20,2)3/h4-10,17,20H,11H2,1-3H3. The fourth-order valence-corrected chi connectivity index (χ4v) is 4.22. The second-order valence-electron chi connectivity index (χ2n) is 7.60. The van der Waals surface area contributed by atoms with Gasteiger partial charge in [-0.2, -0.15) is 0 Å². The van der Waals surface area contributed by atoms with Crippen LogP contribution in [0.25, 0.3) is 11.1 Å². The quantitative estimate of drug-likeness (QED) is 0.407. The van der Waals surface area contributed by atoms with Crippen LogP contribution >= 0.6 is 31.9 Å². The molecule has 1 fully saturated rings. The van der Waals surface area contributed by atoms with E-state index >= 15 is 0 Å². The van der Waals surface area contributed by atoms with Crippen LogP contribution in [0.2, 0.25) is 0 Å². The summed E-state index contributed by atoms with van der Waals surface area (Å²) < 4.78 is 34.1. The van der Waals surface area contributed by atoms with Crippen LogP contribution in [0.5, 0.6) is 0 Å². The molecule has 28 heavy (non-hydrogen) atoms. The molecule has 2 aromatic rings. The Bertz CT molecular complexity index is 950. The maximum atomic E-state index is 14.2. The summed E-state index contributed by atoms with van der Waals surface area (Å²) in [6.45, 7) is 5.97. The minimum atomic E-state index is -0.499. The molecule has 2 atom stereocenters. The first kappa shape index (κ1) is 21.2. The van der Waals surface area contributed by atoms with Gasteiger partial charge in [0.15, 0.2) is 0 Å². The summed E-state index contributed by atoms with van der Waals surface area (Å²) in [6, 6.07) is 8.69. The van der Waals surface area contributed by atoms with Crippen molar-refractivity contribution in [1.82, 2.24) is 0 Å². The monoisotopic (exact) mass is 512 g/mol. The van der Waals surface area contributed by atoms with E-state index < -0.39 is 11.6 Å². The van der Waals surface area contributed by atoms with Gasteiger partial charge in [-0.3, -0.25) is 4.79 Å². The largest absolute Gasteiger partial charge is 0.461 e. The SMILES string of the molecule is Cc1c(COC(=O)C2C(C=C(Br)Br)C2(C)C)cccc1-c1cc(F)ccc1F. The van der Waals surface area contributed by atoms with Gasteiger partial charge < -0.3 is 4.74 Å². The van der Waals surface area contributed by atoms with Crippen LogP contribution < -0.4 is 0 Å². The minimum absolute atomic E-state index is 0.0912. The van der Waals surface area contributed by atoms with E-state index in [-0.39, 0.29) is 35.4 Å². The summed E-state index contributed by atoms with van der Waals surface area (Å²) in [5, 5.41) is 0. The van der Waals surface area contributed by atoms with Crippen LogP contribution in [0.3, 0.4) is 0 Å². The molecule has 2 aromatic carbocycles. The minimum Gasteiger partial charge on any atom is -0.461 e. The highest BCUT2D eigenvalue weighted by molar-refractivity contribution is 9.28. The lowest BCUT2D eigenvalue weighted by atomic mass is 9.96. The normalized spacial score (nSPS) is 19.8. The lowest BCUT2D eigenvalue weighted by molar-refractivity contribution is -0.147. The second-order valence-corrected chi connectivity index (χ2v) is 10.4. The third kappa shape index (κ3) is 4.23. The first-order valence-corrected chi connectivity index (χ1v) is 10.4. The van der Waals surface area contributed by atoms with Crippen LogP contribution in [-0.2, 0) is 16.1 Å². The van der Waals surface area contributed by atoms with E-state index in [9.17, 15) is 13.6 Å². The highest BCUT2D eigenvalue weighted by atomic mass is 79.9. The Balaban J connectivity index is 1.77. The maximum Gasteiger partial charge on any atom is 0.310 e. The van der Waals surface area contributed by atoms with Gasteiger partial charge in [0.05, 0.1) is 9.31 Å². The fraction of sp³-hybridized carbons (Fsp3) is 0.318. The Kier molecular flexibility index (Phi) is 6.11. The number of rotatable bonds is 5. The number of allylic oxidation sites excluding steroid dienone is 1. The molecule has 0 radical (unpaired) electrons. The van der Waals surface area contributed by atoms with Gasteiger partial charge in [0.1, 0.15) is 18.2 Å². The fourth-order valence-electron chi connectivity index (χ4n) is 3.65. The predicted molar refractivity (Wildman–Crippen MR) is 113 cm³/mol. The summed E-state index contributed by atoms with van der Waals surface area (Å²) in [7, 11) is 0. The van der Waals surface area contributed by atoms with Crippen molar-refractivity contribution < 1.29 is 18.3 Å². The van der Waals surface area contributed by atoms with E-state index in [1.807, 2.05) is 32.9 Å². The Labute approximate surface area is 180 Å². The van der Waals surface area contributed by atoms with Gasteiger partial charge in [-0.1, -0.05) is 38.1 Å². The van der Waals surface area contributed by atoms with Crippen molar-refractivity contribution in [3.8, 4) is 11.1 Å². The van der Waals surface area contributed by atoms with Crippen LogP contribution in [0, 0.1) is 35.8 Å². The van der Waals surface area contributed by atoms with Crippen molar-refractivity contribution in [3.63, 3.8) is 0 Å². The Morgan fingerprint density at radius 2 is 1.89 bits per heavy atom. The number of hydrogen-bond donors (Lipinski definition) is 0. The topological polar surface area (TPSA) is 26.3 Å². The molecule has 0 saturated heterocycles. The lowest BCUT2D eigenvalue weighted by Crippen LogP contribution is -2.11. The molecule has 6 heteroatoms.